The van der Waals surface area contributed by atoms with Gasteiger partial charge in [-0.3, -0.25) is 0 Å². The zero-order valence-electron chi connectivity index (χ0n) is 10.4. The summed E-state index contributed by atoms with van der Waals surface area (Å²) in [6.45, 7) is 9.16. The first-order chi connectivity index (χ1) is 7.15. The van der Waals surface area contributed by atoms with Gasteiger partial charge in [-0.15, -0.1) is 0 Å². The highest BCUT2D eigenvalue weighted by Gasteiger charge is 2.09. The molecule has 3 nitrogen and oxygen atoms in total. The highest BCUT2D eigenvalue weighted by molar-refractivity contribution is 7.80. The Morgan fingerprint density at radius 1 is 1.33 bits per heavy atom. The van der Waals surface area contributed by atoms with Gasteiger partial charge in [0, 0.05) is 26.2 Å². The lowest BCUT2D eigenvalue weighted by molar-refractivity contribution is 0.178. The minimum atomic E-state index is 0.277. The second-order valence-electron chi connectivity index (χ2n) is 3.79. The molecule has 0 aromatic carbocycles. The molecule has 1 unspecified atom stereocenters. The molecule has 0 spiro atoms. The molecular formula is C11H24N2OS. The molecule has 0 aromatic rings. The number of methoxy groups -OCH3 is 1. The van der Waals surface area contributed by atoms with Crippen LogP contribution in [0.5, 0.6) is 0 Å². The molecule has 0 bridgehead atoms. The fourth-order valence-electron chi connectivity index (χ4n) is 1.45. The van der Waals surface area contributed by atoms with E-state index in [1.165, 1.54) is 0 Å². The van der Waals surface area contributed by atoms with Crippen molar-refractivity contribution in [2.75, 3.05) is 26.8 Å². The van der Waals surface area contributed by atoms with Crippen LogP contribution in [0.25, 0.3) is 0 Å². The molecule has 0 aliphatic rings. The van der Waals surface area contributed by atoms with E-state index < -0.39 is 0 Å². The predicted octanol–water partition coefficient (Wildman–Crippen LogP) is 2.02. The van der Waals surface area contributed by atoms with Crippen molar-refractivity contribution in [3.63, 3.8) is 0 Å². The third-order valence-corrected chi connectivity index (χ3v) is 2.44. The molecule has 0 amide bonds. The van der Waals surface area contributed by atoms with Crippen molar-refractivity contribution in [3.05, 3.63) is 0 Å². The van der Waals surface area contributed by atoms with Gasteiger partial charge in [-0.2, -0.15) is 0 Å². The molecule has 4 heteroatoms. The van der Waals surface area contributed by atoms with Crippen LogP contribution in [-0.2, 0) is 4.74 Å². The van der Waals surface area contributed by atoms with E-state index in [2.05, 4.69) is 31.0 Å². The van der Waals surface area contributed by atoms with Crippen molar-refractivity contribution in [1.82, 2.24) is 10.2 Å². The predicted molar refractivity (Wildman–Crippen MR) is 69.2 cm³/mol. The van der Waals surface area contributed by atoms with Gasteiger partial charge >= 0.3 is 0 Å². The van der Waals surface area contributed by atoms with E-state index in [4.69, 9.17) is 17.0 Å². The molecule has 0 aromatic heterocycles. The van der Waals surface area contributed by atoms with Gasteiger partial charge in [-0.05, 0) is 32.0 Å². The van der Waals surface area contributed by atoms with Gasteiger partial charge in [0.05, 0.1) is 6.61 Å². The van der Waals surface area contributed by atoms with Crippen LogP contribution in [0.15, 0.2) is 0 Å². The van der Waals surface area contributed by atoms with E-state index in [0.29, 0.717) is 6.61 Å². The van der Waals surface area contributed by atoms with Gasteiger partial charge in [-0.25, -0.2) is 0 Å². The summed E-state index contributed by atoms with van der Waals surface area (Å²) in [5.41, 5.74) is 0. The quantitative estimate of drug-likeness (QED) is 0.679. The van der Waals surface area contributed by atoms with Gasteiger partial charge < -0.3 is 15.0 Å². The summed E-state index contributed by atoms with van der Waals surface area (Å²) in [4.78, 5) is 2.22. The number of ether oxygens (including phenoxy) is 1. The SMILES string of the molecule is CCCN(CCC)C(=S)NC(C)COC. The Bertz CT molecular complexity index is 170. The van der Waals surface area contributed by atoms with Crippen molar-refractivity contribution >= 4 is 17.3 Å². The molecule has 15 heavy (non-hydrogen) atoms. The lowest BCUT2D eigenvalue weighted by Crippen LogP contribution is -2.45. The van der Waals surface area contributed by atoms with Crippen LogP contribution >= 0.6 is 12.2 Å². The maximum absolute atomic E-state index is 5.36. The molecule has 0 saturated carbocycles. The molecular weight excluding hydrogens is 208 g/mol. The summed E-state index contributed by atoms with van der Waals surface area (Å²) in [5.74, 6) is 0. The molecule has 0 aliphatic heterocycles. The topological polar surface area (TPSA) is 24.5 Å². The van der Waals surface area contributed by atoms with E-state index in [-0.39, 0.29) is 6.04 Å². The molecule has 90 valence electrons. The van der Waals surface area contributed by atoms with Gasteiger partial charge in [-0.1, -0.05) is 13.8 Å². The summed E-state index contributed by atoms with van der Waals surface area (Å²) in [7, 11) is 1.71. The van der Waals surface area contributed by atoms with E-state index in [9.17, 15) is 0 Å². The zero-order chi connectivity index (χ0) is 11.7. The van der Waals surface area contributed by atoms with Crippen molar-refractivity contribution in [2.45, 2.75) is 39.7 Å². The van der Waals surface area contributed by atoms with Crippen molar-refractivity contribution in [1.29, 1.82) is 0 Å². The van der Waals surface area contributed by atoms with Crippen LogP contribution in [0.2, 0.25) is 0 Å². The van der Waals surface area contributed by atoms with Gasteiger partial charge in [0.25, 0.3) is 0 Å². The van der Waals surface area contributed by atoms with Crippen LogP contribution in [0.4, 0.5) is 0 Å². The van der Waals surface area contributed by atoms with Gasteiger partial charge in [0.2, 0.25) is 0 Å². The molecule has 0 radical (unpaired) electrons. The maximum atomic E-state index is 5.36. The number of rotatable bonds is 7. The Balaban J connectivity index is 4.00. The Kier molecular flexibility index (Phi) is 8.71. The Labute approximate surface area is 99.2 Å². The molecule has 0 rings (SSSR count). The Morgan fingerprint density at radius 2 is 1.87 bits per heavy atom. The molecule has 0 saturated heterocycles. The average Bonchev–Trinajstić information content (AvgIpc) is 2.17. The number of thiocarbonyl (C=S) groups is 1. The minimum Gasteiger partial charge on any atom is -0.383 e. The monoisotopic (exact) mass is 232 g/mol. The lowest BCUT2D eigenvalue weighted by atomic mass is 10.3. The normalized spacial score (nSPS) is 12.3. The summed E-state index contributed by atoms with van der Waals surface area (Å²) < 4.78 is 5.06. The van der Waals surface area contributed by atoms with E-state index in [1.54, 1.807) is 7.11 Å². The van der Waals surface area contributed by atoms with Gasteiger partial charge in [0.1, 0.15) is 0 Å². The summed E-state index contributed by atoms with van der Waals surface area (Å²) in [6.07, 6.45) is 2.25. The standard InChI is InChI=1S/C11H24N2OS/c1-5-7-13(8-6-2)11(15)12-10(3)9-14-4/h10H,5-9H2,1-4H3,(H,12,15). The van der Waals surface area contributed by atoms with Crippen LogP contribution in [0.1, 0.15) is 33.6 Å². The molecule has 0 heterocycles. The van der Waals surface area contributed by atoms with Crippen molar-refractivity contribution in [2.24, 2.45) is 0 Å². The zero-order valence-corrected chi connectivity index (χ0v) is 11.2. The molecule has 0 aliphatic carbocycles. The maximum Gasteiger partial charge on any atom is 0.169 e. The fourth-order valence-corrected chi connectivity index (χ4v) is 1.83. The second kappa shape index (κ2) is 8.92. The molecule has 0 fully saturated rings. The fraction of sp³-hybridized carbons (Fsp3) is 0.909. The smallest absolute Gasteiger partial charge is 0.169 e. The highest BCUT2D eigenvalue weighted by atomic mass is 32.1. The number of hydrogen-bond acceptors (Lipinski definition) is 2. The van der Waals surface area contributed by atoms with Crippen molar-refractivity contribution < 1.29 is 4.74 Å². The van der Waals surface area contributed by atoms with Crippen LogP contribution < -0.4 is 5.32 Å². The highest BCUT2D eigenvalue weighted by Crippen LogP contribution is 1.97. The summed E-state index contributed by atoms with van der Waals surface area (Å²) in [5, 5.41) is 4.13. The van der Waals surface area contributed by atoms with E-state index in [1.807, 2.05) is 0 Å². The first-order valence-corrected chi connectivity index (χ1v) is 6.10. The van der Waals surface area contributed by atoms with E-state index >= 15 is 0 Å². The Hall–Kier alpha value is -0.350. The average molecular weight is 232 g/mol. The first-order valence-electron chi connectivity index (χ1n) is 5.70. The number of nitrogens with zero attached hydrogens (tertiary/aromatic N) is 1. The molecule has 1 N–H and O–H groups in total. The third kappa shape index (κ3) is 6.68. The van der Waals surface area contributed by atoms with Crippen LogP contribution in [0, 0.1) is 0 Å². The summed E-state index contributed by atoms with van der Waals surface area (Å²) in [6, 6.07) is 0.277. The molecule has 1 atom stereocenters. The van der Waals surface area contributed by atoms with E-state index in [0.717, 1.165) is 31.0 Å². The summed E-state index contributed by atoms with van der Waals surface area (Å²) >= 11 is 5.36. The van der Waals surface area contributed by atoms with Crippen LogP contribution in [0.3, 0.4) is 0 Å². The Morgan fingerprint density at radius 3 is 2.27 bits per heavy atom. The van der Waals surface area contributed by atoms with Crippen molar-refractivity contribution in [3.8, 4) is 0 Å². The minimum absolute atomic E-state index is 0.277. The van der Waals surface area contributed by atoms with Crippen LogP contribution in [-0.4, -0.2) is 42.9 Å². The number of hydrogen-bond donors (Lipinski definition) is 1. The second-order valence-corrected chi connectivity index (χ2v) is 4.18. The lowest BCUT2D eigenvalue weighted by Gasteiger charge is -2.27. The number of nitrogens with one attached hydrogen (secondary N) is 1. The largest absolute Gasteiger partial charge is 0.383 e. The third-order valence-electron chi connectivity index (χ3n) is 2.06. The van der Waals surface area contributed by atoms with Gasteiger partial charge in [0.15, 0.2) is 5.11 Å². The first kappa shape index (κ1) is 14.6.